The van der Waals surface area contributed by atoms with Gasteiger partial charge in [-0.15, -0.1) is 11.3 Å². The highest BCUT2D eigenvalue weighted by Crippen LogP contribution is 2.46. The maximum Gasteiger partial charge on any atom is 0.186 e. The Balaban J connectivity index is 1.10. The van der Waals surface area contributed by atoms with Gasteiger partial charge >= 0.3 is 0 Å². The van der Waals surface area contributed by atoms with Crippen LogP contribution in [-0.4, -0.2) is 30.5 Å². The minimum atomic E-state index is -3.12. The van der Waals surface area contributed by atoms with Crippen LogP contribution in [0, 0.1) is 0 Å². The van der Waals surface area contributed by atoms with E-state index in [0.717, 1.165) is 28.1 Å². The van der Waals surface area contributed by atoms with E-state index in [4.69, 9.17) is 9.97 Å². The summed E-state index contributed by atoms with van der Waals surface area (Å²) in [6.45, 7) is 0. The van der Waals surface area contributed by atoms with E-state index in [1.54, 1.807) is 0 Å². The number of nitrogens with zero attached hydrogens (tertiary/aromatic N) is 4. The van der Waals surface area contributed by atoms with Crippen molar-refractivity contribution in [3.8, 4) is 0 Å². The van der Waals surface area contributed by atoms with E-state index in [1.165, 1.54) is 78.1 Å². The number of anilines is 3. The van der Waals surface area contributed by atoms with Crippen LogP contribution in [0.1, 0.15) is 0 Å². The van der Waals surface area contributed by atoms with Crippen molar-refractivity contribution in [3.63, 3.8) is 0 Å². The lowest BCUT2D eigenvalue weighted by Crippen LogP contribution is -2.77. The first-order chi connectivity index (χ1) is 34.2. The van der Waals surface area contributed by atoms with Crippen molar-refractivity contribution in [2.45, 2.75) is 0 Å². The number of benzene rings is 9. The molecule has 0 fully saturated rings. The van der Waals surface area contributed by atoms with Crippen LogP contribution < -0.4 is 46.4 Å². The minimum absolute atomic E-state index is 0.966. The van der Waals surface area contributed by atoms with Gasteiger partial charge in [0.2, 0.25) is 0 Å². The number of para-hydroxylation sites is 1. The summed E-state index contributed by atoms with van der Waals surface area (Å²) in [5.74, 6) is 0.984. The average molecular weight is 931 g/mol. The second kappa shape index (κ2) is 15.7. The molecule has 0 bridgehead atoms. The Morgan fingerprint density at radius 1 is 0.420 bits per heavy atom. The summed E-state index contributed by atoms with van der Waals surface area (Å²) < 4.78 is 4.81. The summed E-state index contributed by atoms with van der Waals surface area (Å²) in [5, 5.41) is 16.7. The van der Waals surface area contributed by atoms with Crippen LogP contribution in [0.25, 0.3) is 47.5 Å². The Morgan fingerprint density at radius 2 is 1.04 bits per heavy atom. The molecule has 0 N–H and O–H groups in total. The van der Waals surface area contributed by atoms with Crippen molar-refractivity contribution >= 4 is 134 Å². The van der Waals surface area contributed by atoms with Gasteiger partial charge in [-0.3, -0.25) is 9.30 Å². The van der Waals surface area contributed by atoms with Gasteiger partial charge < -0.3 is 0 Å². The molecule has 13 aromatic rings. The van der Waals surface area contributed by atoms with Gasteiger partial charge in [-0.1, -0.05) is 206 Å². The minimum Gasteiger partial charge on any atom is -0.299 e. The Morgan fingerprint density at radius 3 is 1.78 bits per heavy atom. The van der Waals surface area contributed by atoms with Gasteiger partial charge in [0.15, 0.2) is 16.1 Å². The number of thiophene rings is 1. The maximum absolute atomic E-state index is 5.50. The first-order valence-electron chi connectivity index (χ1n) is 23.6. The standard InChI is InChI=1S/C62H42N4SSi2/c1-5-20-44(21-6-1)68(45-22-7-2-8-23-45,49-34-35-50-51-29-13-15-31-55(51)65-40-39-64-61(65)54(50)42-49)48-28-17-19-43(41-48)66-59-57(37-36-53-52-30-14-16-32-56(52)67-60(53)59)69(46-24-9-3-10-25-46,47-26-11-4-12-27-47)58-33-18-38-63-62(58)66/h1-42H. The molecule has 0 saturated carbocycles. The molecule has 5 heterocycles. The molecule has 4 nitrogen and oxygen atoms in total. The highest BCUT2D eigenvalue weighted by molar-refractivity contribution is 7.27. The number of imidazole rings is 1. The van der Waals surface area contributed by atoms with E-state index in [2.05, 4.69) is 252 Å². The Kier molecular flexibility index (Phi) is 9.07. The number of hydrogen-bond acceptors (Lipinski definition) is 4. The number of aromatic nitrogens is 3. The van der Waals surface area contributed by atoms with Crippen molar-refractivity contribution in [1.29, 1.82) is 0 Å². The molecule has 9 aromatic carbocycles. The van der Waals surface area contributed by atoms with Crippen LogP contribution in [0.3, 0.4) is 0 Å². The third-order valence-electron chi connectivity index (χ3n) is 14.7. The summed E-state index contributed by atoms with van der Waals surface area (Å²) in [4.78, 5) is 13.0. The van der Waals surface area contributed by atoms with Crippen LogP contribution in [0.4, 0.5) is 17.2 Å². The zero-order valence-electron chi connectivity index (χ0n) is 37.4. The second-order valence-corrected chi connectivity index (χ2v) is 26.7. The molecule has 69 heavy (non-hydrogen) atoms. The highest BCUT2D eigenvalue weighted by atomic mass is 32.1. The topological polar surface area (TPSA) is 33.4 Å². The molecular formula is C62H42N4SSi2. The second-order valence-electron chi connectivity index (χ2n) is 18.1. The number of hydrogen-bond donors (Lipinski definition) is 0. The SMILES string of the molecule is c1ccc([Si](c2ccccc2)(c2cccc(N3c4ncccc4[Si](c4ccccc4)(c4ccccc4)c4ccc5c(sc6ccccc65)c43)c2)c2ccc3c4ccccc4n4ccnc4c3c2)cc1. The molecule has 7 heteroatoms. The zero-order chi connectivity index (χ0) is 45.5. The van der Waals surface area contributed by atoms with Crippen molar-refractivity contribution < 1.29 is 0 Å². The third-order valence-corrected chi connectivity index (χ3v) is 25.5. The van der Waals surface area contributed by atoms with E-state index >= 15 is 0 Å². The normalized spacial score (nSPS) is 13.3. The molecule has 14 rings (SSSR count). The maximum atomic E-state index is 5.50. The molecule has 0 spiro atoms. The lowest BCUT2D eigenvalue weighted by atomic mass is 10.1. The Labute approximate surface area is 405 Å². The Hall–Kier alpha value is -8.21. The van der Waals surface area contributed by atoms with Crippen LogP contribution in [-0.2, 0) is 0 Å². The summed E-state index contributed by atoms with van der Waals surface area (Å²) >= 11 is 1.90. The van der Waals surface area contributed by atoms with E-state index in [9.17, 15) is 0 Å². The smallest absolute Gasteiger partial charge is 0.186 e. The summed E-state index contributed by atoms with van der Waals surface area (Å²) in [7, 11) is -6.10. The number of pyridine rings is 2. The van der Waals surface area contributed by atoms with Crippen molar-refractivity contribution in [1.82, 2.24) is 14.4 Å². The predicted molar refractivity (Wildman–Crippen MR) is 296 cm³/mol. The van der Waals surface area contributed by atoms with Crippen molar-refractivity contribution in [3.05, 3.63) is 255 Å². The van der Waals surface area contributed by atoms with Crippen LogP contribution in [0.2, 0.25) is 0 Å². The third kappa shape index (κ3) is 5.72. The van der Waals surface area contributed by atoms with Crippen molar-refractivity contribution in [2.75, 3.05) is 4.90 Å². The molecule has 4 aromatic heterocycles. The zero-order valence-corrected chi connectivity index (χ0v) is 40.3. The molecule has 0 radical (unpaired) electrons. The number of fused-ring (bicyclic) bond motifs is 12. The first-order valence-corrected chi connectivity index (χ1v) is 28.4. The van der Waals surface area contributed by atoms with E-state index in [1.807, 2.05) is 23.7 Å². The summed E-state index contributed by atoms with van der Waals surface area (Å²) in [6, 6.07) is 88.8. The lowest BCUT2D eigenvalue weighted by molar-refractivity contribution is 1.20. The molecule has 0 saturated heterocycles. The quantitative estimate of drug-likeness (QED) is 0.0908. The van der Waals surface area contributed by atoms with E-state index < -0.39 is 16.1 Å². The van der Waals surface area contributed by atoms with E-state index in [-0.39, 0.29) is 0 Å². The van der Waals surface area contributed by atoms with Gasteiger partial charge in [0, 0.05) is 50.5 Å². The summed E-state index contributed by atoms with van der Waals surface area (Å²) in [5.41, 5.74) is 4.44. The van der Waals surface area contributed by atoms with Crippen LogP contribution in [0.15, 0.2) is 255 Å². The van der Waals surface area contributed by atoms with Crippen LogP contribution >= 0.6 is 11.3 Å². The average Bonchev–Trinajstić information content (AvgIpc) is 4.08. The fourth-order valence-electron chi connectivity index (χ4n) is 11.9. The fraction of sp³-hybridized carbons (Fsp3) is 0. The van der Waals surface area contributed by atoms with E-state index in [0.29, 0.717) is 0 Å². The fourth-order valence-corrected chi connectivity index (χ4v) is 23.1. The van der Waals surface area contributed by atoms with Crippen LogP contribution in [0.5, 0.6) is 0 Å². The predicted octanol–water partition coefficient (Wildman–Crippen LogP) is 9.94. The van der Waals surface area contributed by atoms with Gasteiger partial charge in [-0.25, -0.2) is 9.97 Å². The molecule has 1 aliphatic heterocycles. The molecule has 324 valence electrons. The molecule has 1 aliphatic rings. The molecular weight excluding hydrogens is 889 g/mol. The molecule has 0 amide bonds. The lowest BCUT2D eigenvalue weighted by Gasteiger charge is -2.44. The van der Waals surface area contributed by atoms with Gasteiger partial charge in [-0.05, 0) is 77.2 Å². The molecule has 0 unspecified atom stereocenters. The largest absolute Gasteiger partial charge is 0.299 e. The Bertz CT molecular complexity index is 4020. The van der Waals surface area contributed by atoms with Gasteiger partial charge in [0.25, 0.3) is 0 Å². The number of rotatable bonds is 7. The summed E-state index contributed by atoms with van der Waals surface area (Å²) in [6.07, 6.45) is 6.01. The van der Waals surface area contributed by atoms with Crippen molar-refractivity contribution in [2.24, 2.45) is 0 Å². The first kappa shape index (κ1) is 39.9. The molecule has 0 aliphatic carbocycles. The van der Waals surface area contributed by atoms with Gasteiger partial charge in [0.1, 0.15) is 11.5 Å². The monoisotopic (exact) mass is 930 g/mol. The van der Waals surface area contributed by atoms with Gasteiger partial charge in [-0.2, -0.15) is 0 Å². The van der Waals surface area contributed by atoms with Gasteiger partial charge in [0.05, 0.1) is 15.9 Å². The highest BCUT2D eigenvalue weighted by Gasteiger charge is 2.51. The molecule has 0 atom stereocenters.